The number of halogens is 3. The lowest BCUT2D eigenvalue weighted by atomic mass is 9.89. The standard InChI is InChI=1S/C16H24ClFN2.ClH/c1-3-4-12(2)16(20-9-7-19-8-10-20)14-6-5-13(17)11-15(14)18;/h5-6,11-12,16,19H,3-4,7-10H2,1-2H3;1H/t12?,16-;/m0./s1. The second-order valence-corrected chi connectivity index (χ2v) is 6.10. The van der Waals surface area contributed by atoms with Gasteiger partial charge in [0.1, 0.15) is 5.82 Å². The number of hydrogen-bond donors (Lipinski definition) is 1. The first-order chi connectivity index (χ1) is 9.63. The molecule has 0 amide bonds. The van der Waals surface area contributed by atoms with Crippen LogP contribution in [-0.2, 0) is 0 Å². The highest BCUT2D eigenvalue weighted by Crippen LogP contribution is 2.34. The van der Waals surface area contributed by atoms with Gasteiger partial charge in [0.05, 0.1) is 0 Å². The van der Waals surface area contributed by atoms with Gasteiger partial charge in [-0.2, -0.15) is 0 Å². The van der Waals surface area contributed by atoms with Crippen molar-refractivity contribution in [3.8, 4) is 0 Å². The summed E-state index contributed by atoms with van der Waals surface area (Å²) >= 11 is 5.88. The van der Waals surface area contributed by atoms with E-state index in [0.29, 0.717) is 10.9 Å². The molecule has 1 unspecified atom stereocenters. The molecule has 1 N–H and O–H groups in total. The van der Waals surface area contributed by atoms with Gasteiger partial charge in [-0.1, -0.05) is 37.9 Å². The van der Waals surface area contributed by atoms with Crippen LogP contribution >= 0.6 is 24.0 Å². The number of nitrogens with one attached hydrogen (secondary N) is 1. The Hall–Kier alpha value is -0.350. The number of piperazine rings is 1. The first-order valence-corrected chi connectivity index (χ1v) is 7.91. The average molecular weight is 335 g/mol. The molecular weight excluding hydrogens is 310 g/mol. The maximum Gasteiger partial charge on any atom is 0.129 e. The Morgan fingerprint density at radius 1 is 1.33 bits per heavy atom. The van der Waals surface area contributed by atoms with Crippen LogP contribution in [0.5, 0.6) is 0 Å². The van der Waals surface area contributed by atoms with E-state index in [9.17, 15) is 4.39 Å². The molecule has 2 nitrogen and oxygen atoms in total. The van der Waals surface area contributed by atoms with Crippen molar-refractivity contribution in [2.45, 2.75) is 32.7 Å². The number of rotatable bonds is 5. The summed E-state index contributed by atoms with van der Waals surface area (Å²) in [6, 6.07) is 5.24. The minimum Gasteiger partial charge on any atom is -0.314 e. The number of benzene rings is 1. The summed E-state index contributed by atoms with van der Waals surface area (Å²) in [5, 5.41) is 3.83. The third-order valence-electron chi connectivity index (χ3n) is 4.11. The van der Waals surface area contributed by atoms with Gasteiger partial charge in [0.15, 0.2) is 0 Å². The molecule has 1 heterocycles. The number of nitrogens with zero attached hydrogens (tertiary/aromatic N) is 1. The van der Waals surface area contributed by atoms with Crippen LogP contribution in [0.15, 0.2) is 18.2 Å². The van der Waals surface area contributed by atoms with Crippen LogP contribution in [0.25, 0.3) is 0 Å². The van der Waals surface area contributed by atoms with Gasteiger partial charge in [-0.15, -0.1) is 12.4 Å². The van der Waals surface area contributed by atoms with E-state index in [4.69, 9.17) is 11.6 Å². The summed E-state index contributed by atoms with van der Waals surface area (Å²) in [5.74, 6) is 0.262. The van der Waals surface area contributed by atoms with Crippen molar-refractivity contribution in [2.75, 3.05) is 26.2 Å². The molecule has 0 spiro atoms. The third-order valence-corrected chi connectivity index (χ3v) is 4.34. The molecular formula is C16H25Cl2FN2. The average Bonchev–Trinajstić information content (AvgIpc) is 2.43. The first kappa shape index (κ1) is 18.7. The normalized spacial score (nSPS) is 18.9. The van der Waals surface area contributed by atoms with Gasteiger partial charge < -0.3 is 5.32 Å². The van der Waals surface area contributed by atoms with E-state index in [1.807, 2.05) is 6.07 Å². The zero-order valence-electron chi connectivity index (χ0n) is 12.7. The van der Waals surface area contributed by atoms with Crippen molar-refractivity contribution in [3.05, 3.63) is 34.6 Å². The van der Waals surface area contributed by atoms with Gasteiger partial charge in [0, 0.05) is 42.8 Å². The summed E-state index contributed by atoms with van der Waals surface area (Å²) in [6.07, 6.45) is 2.23. The van der Waals surface area contributed by atoms with Crippen molar-refractivity contribution in [2.24, 2.45) is 5.92 Å². The minimum absolute atomic E-state index is 0. The molecule has 1 fully saturated rings. The summed E-state index contributed by atoms with van der Waals surface area (Å²) in [5.41, 5.74) is 0.789. The lowest BCUT2D eigenvalue weighted by molar-refractivity contribution is 0.123. The smallest absolute Gasteiger partial charge is 0.129 e. The Bertz CT molecular complexity index is 436. The molecule has 0 bridgehead atoms. The summed E-state index contributed by atoms with van der Waals surface area (Å²) in [4.78, 5) is 2.41. The van der Waals surface area contributed by atoms with Gasteiger partial charge in [-0.3, -0.25) is 4.90 Å². The lowest BCUT2D eigenvalue weighted by Gasteiger charge is -2.38. The van der Waals surface area contributed by atoms with Crippen LogP contribution in [0.2, 0.25) is 5.02 Å². The summed E-state index contributed by atoms with van der Waals surface area (Å²) in [7, 11) is 0. The van der Waals surface area contributed by atoms with Crippen LogP contribution in [0, 0.1) is 11.7 Å². The van der Waals surface area contributed by atoms with Crippen molar-refractivity contribution >= 4 is 24.0 Å². The molecule has 0 saturated carbocycles. The molecule has 2 rings (SSSR count). The largest absolute Gasteiger partial charge is 0.314 e. The Labute approximate surface area is 138 Å². The molecule has 0 aliphatic carbocycles. The molecule has 5 heteroatoms. The zero-order chi connectivity index (χ0) is 14.5. The molecule has 1 aromatic rings. The van der Waals surface area contributed by atoms with E-state index in [0.717, 1.165) is 44.6 Å². The Kier molecular flexibility index (Phi) is 7.96. The van der Waals surface area contributed by atoms with E-state index >= 15 is 0 Å². The first-order valence-electron chi connectivity index (χ1n) is 7.53. The van der Waals surface area contributed by atoms with E-state index in [1.54, 1.807) is 6.07 Å². The monoisotopic (exact) mass is 334 g/mol. The topological polar surface area (TPSA) is 15.3 Å². The fourth-order valence-corrected chi connectivity index (χ4v) is 3.34. The van der Waals surface area contributed by atoms with Crippen molar-refractivity contribution in [1.29, 1.82) is 0 Å². The highest BCUT2D eigenvalue weighted by Gasteiger charge is 2.28. The predicted molar refractivity (Wildman–Crippen MR) is 89.9 cm³/mol. The lowest BCUT2D eigenvalue weighted by Crippen LogP contribution is -2.46. The van der Waals surface area contributed by atoms with Gasteiger partial charge in [0.25, 0.3) is 0 Å². The third kappa shape index (κ3) is 4.82. The molecule has 120 valence electrons. The second-order valence-electron chi connectivity index (χ2n) is 5.66. The van der Waals surface area contributed by atoms with Crippen LogP contribution in [-0.4, -0.2) is 31.1 Å². The molecule has 1 saturated heterocycles. The van der Waals surface area contributed by atoms with E-state index < -0.39 is 0 Å². The van der Waals surface area contributed by atoms with Gasteiger partial charge in [-0.25, -0.2) is 4.39 Å². The highest BCUT2D eigenvalue weighted by atomic mass is 35.5. The van der Waals surface area contributed by atoms with Crippen LogP contribution in [0.1, 0.15) is 38.3 Å². The predicted octanol–water partition coefficient (Wildman–Crippen LogP) is 4.28. The molecule has 0 radical (unpaired) electrons. The highest BCUT2D eigenvalue weighted by molar-refractivity contribution is 6.30. The molecule has 2 atom stereocenters. The van der Waals surface area contributed by atoms with E-state index in [2.05, 4.69) is 24.1 Å². The Morgan fingerprint density at radius 2 is 2.00 bits per heavy atom. The fraction of sp³-hybridized carbons (Fsp3) is 0.625. The molecule has 1 aromatic carbocycles. The van der Waals surface area contributed by atoms with Crippen molar-refractivity contribution in [3.63, 3.8) is 0 Å². The van der Waals surface area contributed by atoms with E-state index in [-0.39, 0.29) is 24.3 Å². The minimum atomic E-state index is -0.177. The molecule has 1 aliphatic heterocycles. The van der Waals surface area contributed by atoms with E-state index in [1.165, 1.54) is 6.07 Å². The molecule has 0 aromatic heterocycles. The maximum absolute atomic E-state index is 14.3. The SMILES string of the molecule is CCCC(C)[C@@H](c1ccc(Cl)cc1F)N1CCNCC1.Cl. The van der Waals surface area contributed by atoms with Crippen molar-refractivity contribution < 1.29 is 4.39 Å². The summed E-state index contributed by atoms with van der Waals surface area (Å²) < 4.78 is 14.3. The molecule has 1 aliphatic rings. The van der Waals surface area contributed by atoms with Gasteiger partial charge in [0.2, 0.25) is 0 Å². The zero-order valence-corrected chi connectivity index (χ0v) is 14.3. The van der Waals surface area contributed by atoms with Crippen LogP contribution in [0.4, 0.5) is 4.39 Å². The van der Waals surface area contributed by atoms with Gasteiger partial charge >= 0.3 is 0 Å². The van der Waals surface area contributed by atoms with Crippen molar-refractivity contribution in [1.82, 2.24) is 10.2 Å². The maximum atomic E-state index is 14.3. The van der Waals surface area contributed by atoms with Crippen LogP contribution < -0.4 is 5.32 Å². The van der Waals surface area contributed by atoms with Crippen LogP contribution in [0.3, 0.4) is 0 Å². The number of hydrogen-bond acceptors (Lipinski definition) is 2. The Morgan fingerprint density at radius 3 is 2.57 bits per heavy atom. The van der Waals surface area contributed by atoms with Gasteiger partial charge in [-0.05, 0) is 24.5 Å². The fourth-order valence-electron chi connectivity index (χ4n) is 3.18. The quantitative estimate of drug-likeness (QED) is 0.864. The Balaban J connectivity index is 0.00000220. The molecule has 21 heavy (non-hydrogen) atoms. The second kappa shape index (κ2) is 8.94. The summed E-state index contributed by atoms with van der Waals surface area (Å²) in [6.45, 7) is 8.31.